The first-order valence-corrected chi connectivity index (χ1v) is 12.8. The minimum Gasteiger partial charge on any atom is -0.484 e. The largest absolute Gasteiger partial charge is 0.484 e. The molecule has 0 aromatic heterocycles. The van der Waals surface area contributed by atoms with Crippen LogP contribution < -0.4 is 4.74 Å². The summed E-state index contributed by atoms with van der Waals surface area (Å²) in [5.74, 6) is 1.45. The second-order valence-corrected chi connectivity index (χ2v) is 10.0. The summed E-state index contributed by atoms with van der Waals surface area (Å²) in [6.45, 7) is -0.441. The highest BCUT2D eigenvalue weighted by atomic mass is 19.4. The maximum absolute atomic E-state index is 15.2. The number of hydrogen-bond acceptors (Lipinski definition) is 2. The van der Waals surface area contributed by atoms with E-state index in [2.05, 4.69) is 6.07 Å². The molecule has 36 heavy (non-hydrogen) atoms. The maximum atomic E-state index is 15.2. The molecule has 1 fully saturated rings. The zero-order valence-corrected chi connectivity index (χ0v) is 20.8. The number of methoxy groups -OCH3 is 1. The summed E-state index contributed by atoms with van der Waals surface area (Å²) >= 11 is 0. The highest BCUT2D eigenvalue weighted by molar-refractivity contribution is 5.84. The van der Waals surface area contributed by atoms with Crippen LogP contribution in [0, 0.1) is 17.7 Å². The smallest absolute Gasteiger partial charge is 0.422 e. The number of ether oxygens (including phenoxy) is 2. The number of halogens is 4. The van der Waals surface area contributed by atoms with Crippen LogP contribution in [0.3, 0.4) is 0 Å². The Labute approximate surface area is 210 Å². The Hall–Kier alpha value is -2.60. The molecule has 0 N–H and O–H groups in total. The van der Waals surface area contributed by atoms with E-state index in [9.17, 15) is 13.2 Å². The molecule has 194 valence electrons. The maximum Gasteiger partial charge on any atom is 0.422 e. The molecular formula is C30H34F4O2. The van der Waals surface area contributed by atoms with E-state index in [1.54, 1.807) is 19.2 Å². The lowest BCUT2D eigenvalue weighted by Gasteiger charge is -2.28. The monoisotopic (exact) mass is 502 g/mol. The fraction of sp³-hybridized carbons (Fsp3) is 0.467. The third-order valence-electron chi connectivity index (χ3n) is 7.32. The van der Waals surface area contributed by atoms with Crippen LogP contribution in [0.1, 0.15) is 48.8 Å². The zero-order valence-electron chi connectivity index (χ0n) is 20.8. The van der Waals surface area contributed by atoms with E-state index >= 15 is 4.39 Å². The van der Waals surface area contributed by atoms with Gasteiger partial charge in [-0.3, -0.25) is 0 Å². The number of hydrogen-bond donors (Lipinski definition) is 0. The number of alkyl halides is 3. The molecule has 1 aliphatic rings. The van der Waals surface area contributed by atoms with Crippen molar-refractivity contribution in [3.63, 3.8) is 0 Å². The number of aryl methyl sites for hydroxylation is 3. The molecule has 1 saturated carbocycles. The van der Waals surface area contributed by atoms with Gasteiger partial charge < -0.3 is 9.47 Å². The predicted molar refractivity (Wildman–Crippen MR) is 135 cm³/mol. The van der Waals surface area contributed by atoms with Crippen LogP contribution in [0.2, 0.25) is 0 Å². The molecule has 0 spiro atoms. The highest BCUT2D eigenvalue weighted by Crippen LogP contribution is 2.32. The number of fused-ring (bicyclic) bond motifs is 1. The Morgan fingerprint density at radius 1 is 0.806 bits per heavy atom. The molecule has 2 nitrogen and oxygen atoms in total. The quantitative estimate of drug-likeness (QED) is 0.261. The molecule has 1 aliphatic carbocycles. The Morgan fingerprint density at radius 3 is 2.19 bits per heavy atom. The van der Waals surface area contributed by atoms with Gasteiger partial charge in [-0.1, -0.05) is 55.3 Å². The van der Waals surface area contributed by atoms with Crippen molar-refractivity contribution in [2.75, 3.05) is 20.3 Å². The standard InChI is InChI=1S/C30H34F4O2/c1-35-19-24-6-3-21(4-7-24)2-5-23-11-17-28-26(18-23)14-13-25(29(28)31)12-8-22-9-15-27(16-10-22)36-20-30(32,33)34/h9-11,13-18,21,24H,2-8,12,19-20H2,1H3. The average molecular weight is 503 g/mol. The molecule has 3 aromatic carbocycles. The molecule has 0 bridgehead atoms. The molecule has 0 aliphatic heterocycles. The van der Waals surface area contributed by atoms with Crippen molar-refractivity contribution in [3.05, 3.63) is 77.1 Å². The van der Waals surface area contributed by atoms with E-state index in [1.165, 1.54) is 49.8 Å². The first-order chi connectivity index (χ1) is 17.3. The third kappa shape index (κ3) is 7.45. The minimum atomic E-state index is -4.36. The van der Waals surface area contributed by atoms with E-state index < -0.39 is 12.8 Å². The summed E-state index contributed by atoms with van der Waals surface area (Å²) in [6.07, 6.45) is 3.96. The average Bonchev–Trinajstić information content (AvgIpc) is 2.87. The van der Waals surface area contributed by atoms with Gasteiger partial charge in [0.05, 0.1) is 0 Å². The normalized spacial score (nSPS) is 18.5. The Balaban J connectivity index is 1.31. The van der Waals surface area contributed by atoms with Crippen molar-refractivity contribution in [1.29, 1.82) is 0 Å². The first kappa shape index (κ1) is 26.5. The molecule has 0 heterocycles. The minimum absolute atomic E-state index is 0.169. The molecule has 0 amide bonds. The lowest BCUT2D eigenvalue weighted by atomic mass is 9.80. The van der Waals surface area contributed by atoms with Crippen LogP contribution in [0.5, 0.6) is 5.75 Å². The molecule has 0 saturated heterocycles. The summed E-state index contributed by atoms with van der Waals surface area (Å²) in [6, 6.07) is 16.4. The van der Waals surface area contributed by atoms with Crippen molar-refractivity contribution < 1.29 is 27.0 Å². The lowest BCUT2D eigenvalue weighted by Crippen LogP contribution is -2.19. The van der Waals surface area contributed by atoms with Gasteiger partial charge in [0, 0.05) is 19.1 Å². The van der Waals surface area contributed by atoms with Crippen molar-refractivity contribution >= 4 is 10.8 Å². The van der Waals surface area contributed by atoms with Crippen LogP contribution in [-0.2, 0) is 24.0 Å². The lowest BCUT2D eigenvalue weighted by molar-refractivity contribution is -0.153. The van der Waals surface area contributed by atoms with Gasteiger partial charge in [-0.05, 0) is 84.6 Å². The summed E-state index contributed by atoms with van der Waals surface area (Å²) in [7, 11) is 1.78. The molecule has 3 aromatic rings. The van der Waals surface area contributed by atoms with Crippen molar-refractivity contribution in [2.24, 2.45) is 11.8 Å². The summed E-state index contributed by atoms with van der Waals surface area (Å²) < 4.78 is 62.1. The fourth-order valence-corrected chi connectivity index (χ4v) is 5.22. The Morgan fingerprint density at radius 2 is 1.50 bits per heavy atom. The van der Waals surface area contributed by atoms with Crippen LogP contribution >= 0.6 is 0 Å². The summed E-state index contributed by atoms with van der Waals surface area (Å²) in [5, 5.41) is 1.55. The topological polar surface area (TPSA) is 18.5 Å². The van der Waals surface area contributed by atoms with Crippen molar-refractivity contribution in [1.82, 2.24) is 0 Å². The zero-order chi connectivity index (χ0) is 25.5. The van der Waals surface area contributed by atoms with Gasteiger partial charge in [0.2, 0.25) is 0 Å². The molecule has 0 atom stereocenters. The third-order valence-corrected chi connectivity index (χ3v) is 7.32. The van der Waals surface area contributed by atoms with Gasteiger partial charge in [-0.25, -0.2) is 4.39 Å². The molecule has 4 rings (SSSR count). The van der Waals surface area contributed by atoms with Gasteiger partial charge in [-0.15, -0.1) is 0 Å². The van der Waals surface area contributed by atoms with Crippen LogP contribution in [0.25, 0.3) is 10.8 Å². The summed E-state index contributed by atoms with van der Waals surface area (Å²) in [4.78, 5) is 0. The van der Waals surface area contributed by atoms with Crippen LogP contribution in [0.4, 0.5) is 17.6 Å². The predicted octanol–water partition coefficient (Wildman–Crippen LogP) is 8.09. The van der Waals surface area contributed by atoms with Gasteiger partial charge in [-0.2, -0.15) is 13.2 Å². The van der Waals surface area contributed by atoms with E-state index in [0.717, 1.165) is 29.9 Å². The van der Waals surface area contributed by atoms with Gasteiger partial charge >= 0.3 is 6.18 Å². The van der Waals surface area contributed by atoms with Crippen LogP contribution in [0.15, 0.2) is 54.6 Å². The molecular weight excluding hydrogens is 468 g/mol. The Kier molecular flexibility index (Phi) is 8.89. The van der Waals surface area contributed by atoms with Crippen molar-refractivity contribution in [3.8, 4) is 5.75 Å². The second-order valence-electron chi connectivity index (χ2n) is 10.0. The van der Waals surface area contributed by atoms with Crippen LogP contribution in [-0.4, -0.2) is 26.5 Å². The van der Waals surface area contributed by atoms with E-state index in [4.69, 9.17) is 9.47 Å². The molecule has 6 heteroatoms. The van der Waals surface area contributed by atoms with Gasteiger partial charge in [0.1, 0.15) is 11.6 Å². The van der Waals surface area contributed by atoms with E-state index in [1.807, 2.05) is 24.3 Å². The van der Waals surface area contributed by atoms with E-state index in [-0.39, 0.29) is 11.6 Å². The summed E-state index contributed by atoms with van der Waals surface area (Å²) in [5.41, 5.74) is 2.81. The molecule has 0 unspecified atom stereocenters. The van der Waals surface area contributed by atoms with Gasteiger partial charge in [0.15, 0.2) is 6.61 Å². The highest BCUT2D eigenvalue weighted by Gasteiger charge is 2.28. The molecule has 0 radical (unpaired) electrons. The Bertz CT molecular complexity index is 1120. The number of benzene rings is 3. The van der Waals surface area contributed by atoms with Crippen molar-refractivity contribution in [2.45, 2.75) is 57.5 Å². The number of rotatable bonds is 10. The first-order valence-electron chi connectivity index (χ1n) is 12.8. The second kappa shape index (κ2) is 12.1. The fourth-order valence-electron chi connectivity index (χ4n) is 5.22. The van der Waals surface area contributed by atoms with E-state index in [0.29, 0.717) is 29.7 Å². The van der Waals surface area contributed by atoms with Gasteiger partial charge in [0.25, 0.3) is 0 Å². The SMILES string of the molecule is COCC1CCC(CCc2ccc3c(F)c(CCc4ccc(OCC(F)(F)F)cc4)ccc3c2)CC1.